The molecular weight excluding hydrogens is 294 g/mol. The molecule has 1 aromatic rings. The number of hydrogen-bond donors (Lipinski definition) is 3. The van der Waals surface area contributed by atoms with Crippen molar-refractivity contribution >= 4 is 21.7 Å². The Labute approximate surface area is 125 Å². The zero-order valence-corrected chi connectivity index (χ0v) is 13.5. The lowest BCUT2D eigenvalue weighted by atomic mass is 10.4. The fraction of sp³-hybridized carbons (Fsp3) is 0.667. The van der Waals surface area contributed by atoms with Crippen molar-refractivity contribution in [1.29, 1.82) is 0 Å². The lowest BCUT2D eigenvalue weighted by Crippen LogP contribution is -2.24. The van der Waals surface area contributed by atoms with Crippen LogP contribution in [0.5, 0.6) is 0 Å². The third-order valence-electron chi connectivity index (χ3n) is 2.49. The molecule has 3 N–H and O–H groups in total. The van der Waals surface area contributed by atoms with E-state index in [1.54, 1.807) is 13.1 Å². The molecule has 0 aliphatic heterocycles. The van der Waals surface area contributed by atoms with Gasteiger partial charge < -0.3 is 15.4 Å². The van der Waals surface area contributed by atoms with Crippen LogP contribution in [0.15, 0.2) is 6.07 Å². The van der Waals surface area contributed by atoms with Crippen molar-refractivity contribution in [1.82, 2.24) is 14.7 Å². The molecular formula is C12H23N5O3S. The van der Waals surface area contributed by atoms with Gasteiger partial charge in [0, 0.05) is 32.8 Å². The summed E-state index contributed by atoms with van der Waals surface area (Å²) in [6, 6.07) is 1.79. The molecule has 0 aromatic carbocycles. The molecule has 0 radical (unpaired) electrons. The molecule has 0 aliphatic rings. The van der Waals surface area contributed by atoms with E-state index in [9.17, 15) is 8.42 Å². The number of nitrogens with one attached hydrogen (secondary N) is 3. The summed E-state index contributed by atoms with van der Waals surface area (Å²) in [5, 5.41) is 6.11. The predicted molar refractivity (Wildman–Crippen MR) is 82.9 cm³/mol. The summed E-state index contributed by atoms with van der Waals surface area (Å²) in [4.78, 5) is 8.63. The Balaban J connectivity index is 2.49. The summed E-state index contributed by atoms with van der Waals surface area (Å²) < 4.78 is 29.6. The van der Waals surface area contributed by atoms with Crippen molar-refractivity contribution in [3.05, 3.63) is 11.9 Å². The first-order valence-corrected chi connectivity index (χ1v) is 8.65. The summed E-state index contributed by atoms with van der Waals surface area (Å²) in [7, 11) is -1.34. The Morgan fingerprint density at radius 3 is 2.57 bits per heavy atom. The van der Waals surface area contributed by atoms with Gasteiger partial charge in [-0.1, -0.05) is 0 Å². The highest BCUT2D eigenvalue weighted by Crippen LogP contribution is 2.11. The first kappa shape index (κ1) is 17.6. The van der Waals surface area contributed by atoms with Crippen molar-refractivity contribution in [3.63, 3.8) is 0 Å². The van der Waals surface area contributed by atoms with E-state index >= 15 is 0 Å². The molecule has 1 aromatic heterocycles. The van der Waals surface area contributed by atoms with E-state index in [1.807, 2.05) is 6.92 Å². The van der Waals surface area contributed by atoms with Crippen LogP contribution < -0.4 is 15.4 Å². The standard InChI is InChI=1S/C12H23N5O3S/c1-4-20-9-12-16-10(13-2)8-11(17-12)14-6-5-7-15-21(3,18)19/h8,15H,4-7,9H2,1-3H3,(H2,13,14,16,17). The molecule has 21 heavy (non-hydrogen) atoms. The molecule has 0 bridgehead atoms. The fourth-order valence-corrected chi connectivity index (χ4v) is 2.05. The van der Waals surface area contributed by atoms with Crippen molar-refractivity contribution in [2.45, 2.75) is 20.0 Å². The van der Waals surface area contributed by atoms with Gasteiger partial charge in [0.2, 0.25) is 10.0 Å². The van der Waals surface area contributed by atoms with Crippen LogP contribution in [0.1, 0.15) is 19.2 Å². The summed E-state index contributed by atoms with van der Waals surface area (Å²) in [5.74, 6) is 1.99. The van der Waals surface area contributed by atoms with Crippen LogP contribution in [0, 0.1) is 0 Å². The van der Waals surface area contributed by atoms with Crippen LogP contribution in [0.2, 0.25) is 0 Å². The van der Waals surface area contributed by atoms with Gasteiger partial charge in [-0.15, -0.1) is 0 Å². The number of hydrogen-bond acceptors (Lipinski definition) is 7. The molecule has 1 rings (SSSR count). The normalized spacial score (nSPS) is 11.4. The Morgan fingerprint density at radius 2 is 1.95 bits per heavy atom. The Kier molecular flexibility index (Phi) is 7.34. The smallest absolute Gasteiger partial charge is 0.208 e. The Bertz CT molecular complexity index is 536. The molecule has 0 atom stereocenters. The van der Waals surface area contributed by atoms with Crippen LogP contribution in [-0.2, 0) is 21.4 Å². The minimum Gasteiger partial charge on any atom is -0.374 e. The van der Waals surface area contributed by atoms with Crippen LogP contribution in [-0.4, -0.2) is 51.4 Å². The van der Waals surface area contributed by atoms with E-state index in [0.717, 1.165) is 6.26 Å². The zero-order valence-electron chi connectivity index (χ0n) is 12.6. The molecule has 0 aliphatic carbocycles. The zero-order chi connectivity index (χ0) is 15.7. The molecule has 0 unspecified atom stereocenters. The van der Waals surface area contributed by atoms with E-state index in [2.05, 4.69) is 25.3 Å². The highest BCUT2D eigenvalue weighted by molar-refractivity contribution is 7.88. The summed E-state index contributed by atoms with van der Waals surface area (Å²) in [6.07, 6.45) is 1.80. The van der Waals surface area contributed by atoms with Gasteiger partial charge in [-0.25, -0.2) is 23.1 Å². The molecule has 0 fully saturated rings. The van der Waals surface area contributed by atoms with Gasteiger partial charge in [-0.3, -0.25) is 0 Å². The molecule has 9 heteroatoms. The molecule has 0 saturated carbocycles. The van der Waals surface area contributed by atoms with Gasteiger partial charge in [0.25, 0.3) is 0 Å². The third kappa shape index (κ3) is 7.78. The molecule has 1 heterocycles. The maximum atomic E-state index is 10.9. The number of ether oxygens (including phenoxy) is 1. The lowest BCUT2D eigenvalue weighted by molar-refractivity contribution is 0.128. The summed E-state index contributed by atoms with van der Waals surface area (Å²) in [6.45, 7) is 3.87. The molecule has 120 valence electrons. The maximum absolute atomic E-state index is 10.9. The number of sulfonamides is 1. The molecule has 0 spiro atoms. The van der Waals surface area contributed by atoms with Crippen molar-refractivity contribution in [2.75, 3.05) is 43.6 Å². The van der Waals surface area contributed by atoms with Gasteiger partial charge in [0.15, 0.2) is 5.82 Å². The minimum atomic E-state index is -3.13. The van der Waals surface area contributed by atoms with E-state index in [0.29, 0.717) is 50.2 Å². The van der Waals surface area contributed by atoms with Crippen molar-refractivity contribution < 1.29 is 13.2 Å². The van der Waals surface area contributed by atoms with Crippen LogP contribution >= 0.6 is 0 Å². The maximum Gasteiger partial charge on any atom is 0.208 e. The van der Waals surface area contributed by atoms with Gasteiger partial charge in [-0.05, 0) is 13.3 Å². The number of nitrogens with zero attached hydrogens (tertiary/aromatic N) is 2. The quantitative estimate of drug-likeness (QED) is 0.537. The van der Waals surface area contributed by atoms with Gasteiger partial charge in [0.1, 0.15) is 18.2 Å². The van der Waals surface area contributed by atoms with E-state index in [-0.39, 0.29) is 0 Å². The third-order valence-corrected chi connectivity index (χ3v) is 3.22. The van der Waals surface area contributed by atoms with Crippen LogP contribution in [0.3, 0.4) is 0 Å². The Morgan fingerprint density at radius 1 is 1.24 bits per heavy atom. The van der Waals surface area contributed by atoms with Gasteiger partial charge >= 0.3 is 0 Å². The highest BCUT2D eigenvalue weighted by atomic mass is 32.2. The predicted octanol–water partition coefficient (Wildman–Crippen LogP) is 0.406. The topological polar surface area (TPSA) is 105 Å². The average molecular weight is 317 g/mol. The largest absolute Gasteiger partial charge is 0.374 e. The number of aromatic nitrogens is 2. The molecule has 0 saturated heterocycles. The van der Waals surface area contributed by atoms with Gasteiger partial charge in [0.05, 0.1) is 6.26 Å². The first-order valence-electron chi connectivity index (χ1n) is 6.76. The molecule has 0 amide bonds. The van der Waals surface area contributed by atoms with Crippen LogP contribution in [0.25, 0.3) is 0 Å². The summed E-state index contributed by atoms with van der Waals surface area (Å²) in [5.41, 5.74) is 0. The first-order chi connectivity index (χ1) is 9.94. The second kappa shape index (κ2) is 8.75. The SMILES string of the molecule is CCOCc1nc(NC)cc(NCCCNS(C)(=O)=O)n1. The second-order valence-corrected chi connectivity index (χ2v) is 6.22. The number of anilines is 2. The van der Waals surface area contributed by atoms with E-state index in [1.165, 1.54) is 0 Å². The van der Waals surface area contributed by atoms with E-state index in [4.69, 9.17) is 4.74 Å². The monoisotopic (exact) mass is 317 g/mol. The second-order valence-electron chi connectivity index (χ2n) is 4.39. The summed E-state index contributed by atoms with van der Waals surface area (Å²) >= 11 is 0. The van der Waals surface area contributed by atoms with Gasteiger partial charge in [-0.2, -0.15) is 0 Å². The van der Waals surface area contributed by atoms with Crippen LogP contribution in [0.4, 0.5) is 11.6 Å². The average Bonchev–Trinajstić information content (AvgIpc) is 2.43. The highest BCUT2D eigenvalue weighted by Gasteiger charge is 2.04. The minimum absolute atomic E-state index is 0.357. The molecule has 8 nitrogen and oxygen atoms in total. The van der Waals surface area contributed by atoms with Crippen molar-refractivity contribution in [3.8, 4) is 0 Å². The van der Waals surface area contributed by atoms with Crippen molar-refractivity contribution in [2.24, 2.45) is 0 Å². The fourth-order valence-electron chi connectivity index (χ4n) is 1.54. The van der Waals surface area contributed by atoms with E-state index < -0.39 is 10.0 Å². The lowest BCUT2D eigenvalue weighted by Gasteiger charge is -2.10. The Hall–Kier alpha value is -1.45. The number of rotatable bonds is 10.